The van der Waals surface area contributed by atoms with Crippen LogP contribution in [0.4, 0.5) is 0 Å². The van der Waals surface area contributed by atoms with Gasteiger partial charge in [-0.05, 0) is 43.1 Å². The Morgan fingerprint density at radius 3 is 2.71 bits per heavy atom. The first-order valence-corrected chi connectivity index (χ1v) is 7.60. The van der Waals surface area contributed by atoms with E-state index in [4.69, 9.17) is 4.42 Å². The Balaban J connectivity index is 1.80. The highest BCUT2D eigenvalue weighted by Gasteiger charge is 2.20. The third-order valence-electron chi connectivity index (χ3n) is 4.17. The number of aromatic nitrogens is 1. The smallest absolute Gasteiger partial charge is 0.227 e. The molecule has 3 aromatic rings. The number of nitrogens with one attached hydrogen (secondary N) is 1. The first kappa shape index (κ1) is 12.6. The van der Waals surface area contributed by atoms with Crippen molar-refractivity contribution in [2.45, 2.75) is 25.3 Å². The fraction of sp³-hybridized carbons (Fsp3) is 0.278. The van der Waals surface area contributed by atoms with Gasteiger partial charge in [-0.15, -0.1) is 0 Å². The molecule has 1 N–H and O–H groups in total. The van der Waals surface area contributed by atoms with E-state index >= 15 is 0 Å². The van der Waals surface area contributed by atoms with Crippen molar-refractivity contribution in [3.8, 4) is 11.5 Å². The number of hydrogen-bond acceptors (Lipinski definition) is 3. The Morgan fingerprint density at radius 2 is 1.86 bits per heavy atom. The molecule has 4 rings (SSSR count). The molecule has 0 saturated carbocycles. The summed E-state index contributed by atoms with van der Waals surface area (Å²) in [5.74, 6) is 0.721. The lowest BCUT2D eigenvalue weighted by atomic mass is 9.93. The standard InChI is InChI=1S/C18H18N2O/c1-2-8-14(13(7-1)15-9-5-6-12-19-15)18-20-16-10-3-4-11-17(16)21-18/h1-4,7-8,10-11,15,19H,5-6,9,12H2. The maximum Gasteiger partial charge on any atom is 0.227 e. The first-order valence-electron chi connectivity index (χ1n) is 7.60. The summed E-state index contributed by atoms with van der Waals surface area (Å²) in [6.07, 6.45) is 3.72. The molecule has 0 amide bonds. The number of piperidine rings is 1. The summed E-state index contributed by atoms with van der Waals surface area (Å²) in [5, 5.41) is 3.61. The van der Waals surface area contributed by atoms with Crippen LogP contribution in [0.15, 0.2) is 52.9 Å². The number of para-hydroxylation sites is 2. The number of nitrogens with zero attached hydrogens (tertiary/aromatic N) is 1. The van der Waals surface area contributed by atoms with Gasteiger partial charge in [-0.25, -0.2) is 4.98 Å². The van der Waals surface area contributed by atoms with Crippen molar-refractivity contribution < 1.29 is 4.42 Å². The van der Waals surface area contributed by atoms with Gasteiger partial charge in [0.25, 0.3) is 0 Å². The lowest BCUT2D eigenvalue weighted by Crippen LogP contribution is -2.27. The summed E-state index contributed by atoms with van der Waals surface area (Å²) in [6, 6.07) is 16.8. The number of hydrogen-bond donors (Lipinski definition) is 1. The molecule has 21 heavy (non-hydrogen) atoms. The van der Waals surface area contributed by atoms with Crippen LogP contribution in [0.3, 0.4) is 0 Å². The van der Waals surface area contributed by atoms with E-state index < -0.39 is 0 Å². The van der Waals surface area contributed by atoms with E-state index in [0.29, 0.717) is 6.04 Å². The van der Waals surface area contributed by atoms with Crippen molar-refractivity contribution in [2.24, 2.45) is 0 Å². The highest BCUT2D eigenvalue weighted by molar-refractivity contribution is 5.76. The zero-order valence-corrected chi connectivity index (χ0v) is 11.9. The topological polar surface area (TPSA) is 38.1 Å². The quantitative estimate of drug-likeness (QED) is 0.759. The fourth-order valence-electron chi connectivity index (χ4n) is 3.10. The zero-order valence-electron chi connectivity index (χ0n) is 11.9. The van der Waals surface area contributed by atoms with Crippen LogP contribution in [-0.2, 0) is 0 Å². The van der Waals surface area contributed by atoms with Gasteiger partial charge in [-0.1, -0.05) is 36.8 Å². The van der Waals surface area contributed by atoms with Crippen molar-refractivity contribution in [3.05, 3.63) is 54.1 Å². The molecule has 1 unspecified atom stereocenters. The lowest BCUT2D eigenvalue weighted by molar-refractivity contribution is 0.412. The van der Waals surface area contributed by atoms with E-state index in [0.717, 1.165) is 29.1 Å². The second kappa shape index (κ2) is 5.34. The minimum absolute atomic E-state index is 0.407. The van der Waals surface area contributed by atoms with Crippen molar-refractivity contribution in [1.29, 1.82) is 0 Å². The number of benzene rings is 2. The molecular formula is C18H18N2O. The first-order chi connectivity index (χ1) is 10.4. The molecule has 2 heterocycles. The highest BCUT2D eigenvalue weighted by atomic mass is 16.3. The third-order valence-corrected chi connectivity index (χ3v) is 4.17. The van der Waals surface area contributed by atoms with Crippen LogP contribution in [0.5, 0.6) is 0 Å². The molecule has 1 aromatic heterocycles. The minimum atomic E-state index is 0.407. The summed E-state index contributed by atoms with van der Waals surface area (Å²) >= 11 is 0. The summed E-state index contributed by atoms with van der Waals surface area (Å²) in [4.78, 5) is 4.64. The summed E-state index contributed by atoms with van der Waals surface area (Å²) in [5.41, 5.74) is 4.16. The SMILES string of the molecule is c1ccc(C2CCCCN2)c(-c2nc3ccccc3o2)c1. The maximum absolute atomic E-state index is 5.95. The molecule has 1 fully saturated rings. The Bertz CT molecular complexity index is 724. The molecule has 1 aliphatic heterocycles. The van der Waals surface area contributed by atoms with Crippen molar-refractivity contribution >= 4 is 11.1 Å². The van der Waals surface area contributed by atoms with Gasteiger partial charge in [0.15, 0.2) is 5.58 Å². The normalized spacial score (nSPS) is 19.0. The van der Waals surface area contributed by atoms with Crippen molar-refractivity contribution in [3.63, 3.8) is 0 Å². The molecule has 106 valence electrons. The molecule has 0 radical (unpaired) electrons. The van der Waals surface area contributed by atoms with E-state index in [1.165, 1.54) is 24.8 Å². The Morgan fingerprint density at radius 1 is 1.00 bits per heavy atom. The Hall–Kier alpha value is -2.13. The average Bonchev–Trinajstić information content (AvgIpc) is 2.99. The van der Waals surface area contributed by atoms with Crippen LogP contribution in [0, 0.1) is 0 Å². The predicted molar refractivity (Wildman–Crippen MR) is 84.0 cm³/mol. The zero-order chi connectivity index (χ0) is 14.1. The molecule has 1 saturated heterocycles. The van der Waals surface area contributed by atoms with Gasteiger partial charge in [0.1, 0.15) is 5.52 Å². The number of fused-ring (bicyclic) bond motifs is 1. The Labute approximate surface area is 124 Å². The van der Waals surface area contributed by atoms with Crippen molar-refractivity contribution in [2.75, 3.05) is 6.54 Å². The maximum atomic E-state index is 5.95. The molecular weight excluding hydrogens is 260 g/mol. The summed E-state index contributed by atoms with van der Waals surface area (Å²) in [6.45, 7) is 1.09. The van der Waals surface area contributed by atoms with Crippen LogP contribution < -0.4 is 5.32 Å². The van der Waals surface area contributed by atoms with Crippen LogP contribution in [0.1, 0.15) is 30.9 Å². The van der Waals surface area contributed by atoms with Crippen LogP contribution in [0.2, 0.25) is 0 Å². The predicted octanol–water partition coefficient (Wildman–Crippen LogP) is 4.31. The lowest BCUT2D eigenvalue weighted by Gasteiger charge is -2.25. The van der Waals surface area contributed by atoms with Gasteiger partial charge >= 0.3 is 0 Å². The molecule has 0 spiro atoms. The van der Waals surface area contributed by atoms with Gasteiger partial charge < -0.3 is 9.73 Å². The molecule has 1 atom stereocenters. The van der Waals surface area contributed by atoms with Gasteiger partial charge in [0, 0.05) is 11.6 Å². The van der Waals surface area contributed by atoms with Crippen LogP contribution >= 0.6 is 0 Å². The van der Waals surface area contributed by atoms with Crippen LogP contribution in [-0.4, -0.2) is 11.5 Å². The van der Waals surface area contributed by atoms with E-state index in [1.54, 1.807) is 0 Å². The summed E-state index contributed by atoms with van der Waals surface area (Å²) in [7, 11) is 0. The second-order valence-electron chi connectivity index (χ2n) is 5.58. The van der Waals surface area contributed by atoms with E-state index in [2.05, 4.69) is 34.6 Å². The Kier molecular flexibility index (Phi) is 3.20. The van der Waals surface area contributed by atoms with Crippen LogP contribution in [0.25, 0.3) is 22.6 Å². The molecule has 2 aromatic carbocycles. The van der Waals surface area contributed by atoms with E-state index in [-0.39, 0.29) is 0 Å². The molecule has 1 aliphatic rings. The van der Waals surface area contributed by atoms with E-state index in [1.807, 2.05) is 24.3 Å². The largest absolute Gasteiger partial charge is 0.436 e. The van der Waals surface area contributed by atoms with Gasteiger partial charge in [-0.3, -0.25) is 0 Å². The van der Waals surface area contributed by atoms with Gasteiger partial charge in [-0.2, -0.15) is 0 Å². The molecule has 3 nitrogen and oxygen atoms in total. The fourth-order valence-corrected chi connectivity index (χ4v) is 3.10. The number of oxazole rings is 1. The van der Waals surface area contributed by atoms with Crippen molar-refractivity contribution in [1.82, 2.24) is 10.3 Å². The third kappa shape index (κ3) is 2.34. The highest BCUT2D eigenvalue weighted by Crippen LogP contribution is 2.33. The molecule has 0 aliphatic carbocycles. The molecule has 0 bridgehead atoms. The monoisotopic (exact) mass is 278 g/mol. The van der Waals surface area contributed by atoms with Gasteiger partial charge in [0.2, 0.25) is 5.89 Å². The average molecular weight is 278 g/mol. The minimum Gasteiger partial charge on any atom is -0.436 e. The second-order valence-corrected chi connectivity index (χ2v) is 5.58. The van der Waals surface area contributed by atoms with E-state index in [9.17, 15) is 0 Å². The molecule has 3 heteroatoms. The summed E-state index contributed by atoms with van der Waals surface area (Å²) < 4.78 is 5.95. The van der Waals surface area contributed by atoms with Gasteiger partial charge in [0.05, 0.1) is 0 Å². The number of rotatable bonds is 2.